The van der Waals surface area contributed by atoms with Crippen LogP contribution in [0.1, 0.15) is 39.0 Å². The Hall–Kier alpha value is -0.690. The van der Waals surface area contributed by atoms with Crippen molar-refractivity contribution < 1.29 is 4.79 Å². The van der Waals surface area contributed by atoms with Gasteiger partial charge in [-0.05, 0) is 25.5 Å². The minimum absolute atomic E-state index is 0.0871. The molecule has 0 aromatic heterocycles. The monoisotopic (exact) mass is 240 g/mol. The van der Waals surface area contributed by atoms with Gasteiger partial charge in [0.1, 0.15) is 5.92 Å². The quantitative estimate of drug-likeness (QED) is 0.820. The molecule has 1 fully saturated rings. The Bertz CT molecular complexity index is 275. The fraction of sp³-hybridized carbons (Fsp3) is 0.833. The second kappa shape index (κ2) is 6.80. The lowest BCUT2D eigenvalue weighted by atomic mass is 9.94. The molecule has 0 aromatic rings. The summed E-state index contributed by atoms with van der Waals surface area (Å²) in [5.74, 6) is -0.569. The summed E-state index contributed by atoms with van der Waals surface area (Å²) < 4.78 is 0. The van der Waals surface area contributed by atoms with Gasteiger partial charge in [-0.3, -0.25) is 4.79 Å². The zero-order valence-corrected chi connectivity index (χ0v) is 10.8. The molecule has 0 heterocycles. The van der Waals surface area contributed by atoms with E-state index in [1.807, 2.05) is 18.7 Å². The van der Waals surface area contributed by atoms with E-state index in [4.69, 9.17) is 5.26 Å². The number of nitrogens with zero attached hydrogens (tertiary/aromatic N) is 1. The summed E-state index contributed by atoms with van der Waals surface area (Å²) in [6.45, 7) is 1.88. The van der Waals surface area contributed by atoms with Crippen LogP contribution in [0.3, 0.4) is 0 Å². The third-order valence-corrected chi connectivity index (χ3v) is 4.38. The molecule has 4 heteroatoms. The van der Waals surface area contributed by atoms with Gasteiger partial charge in [0.25, 0.3) is 0 Å². The van der Waals surface area contributed by atoms with E-state index in [0.717, 1.165) is 6.42 Å². The van der Waals surface area contributed by atoms with Crippen molar-refractivity contribution in [3.63, 3.8) is 0 Å². The third kappa shape index (κ3) is 3.41. The summed E-state index contributed by atoms with van der Waals surface area (Å²) in [6, 6.07) is 2.32. The molecule has 0 aromatic carbocycles. The van der Waals surface area contributed by atoms with Gasteiger partial charge in [0.15, 0.2) is 0 Å². The van der Waals surface area contributed by atoms with E-state index in [0.29, 0.717) is 11.7 Å². The van der Waals surface area contributed by atoms with Crippen molar-refractivity contribution in [3.05, 3.63) is 0 Å². The largest absolute Gasteiger partial charge is 0.351 e. The van der Waals surface area contributed by atoms with Crippen molar-refractivity contribution in [2.45, 2.75) is 50.3 Å². The van der Waals surface area contributed by atoms with Gasteiger partial charge in [-0.25, -0.2) is 0 Å². The van der Waals surface area contributed by atoms with E-state index in [-0.39, 0.29) is 11.9 Å². The van der Waals surface area contributed by atoms with Crippen LogP contribution in [0.5, 0.6) is 0 Å². The molecule has 16 heavy (non-hydrogen) atoms. The SMILES string of the molecule is CCC(C#N)C(=O)NC1CCCCC1SC. The van der Waals surface area contributed by atoms with Gasteiger partial charge in [-0.2, -0.15) is 17.0 Å². The maximum atomic E-state index is 11.8. The molecule has 3 nitrogen and oxygen atoms in total. The molecule has 0 aliphatic heterocycles. The second-order valence-electron chi connectivity index (χ2n) is 4.26. The summed E-state index contributed by atoms with van der Waals surface area (Å²) in [4.78, 5) is 11.8. The van der Waals surface area contributed by atoms with Gasteiger partial charge in [-0.1, -0.05) is 19.8 Å². The topological polar surface area (TPSA) is 52.9 Å². The molecule has 0 radical (unpaired) electrons. The standard InChI is InChI=1S/C12H20N2OS/c1-3-9(8-13)12(15)14-10-6-4-5-7-11(10)16-2/h9-11H,3-7H2,1-2H3,(H,14,15). The highest BCUT2D eigenvalue weighted by molar-refractivity contribution is 7.99. The lowest BCUT2D eigenvalue weighted by Crippen LogP contribution is -2.45. The molecule has 90 valence electrons. The number of amides is 1. The Labute approximate surface area is 102 Å². The van der Waals surface area contributed by atoms with Crippen molar-refractivity contribution in [1.82, 2.24) is 5.32 Å². The normalized spacial score (nSPS) is 26.8. The Morgan fingerprint density at radius 1 is 1.56 bits per heavy atom. The minimum atomic E-state index is -0.482. The first-order chi connectivity index (χ1) is 7.72. The summed E-state index contributed by atoms with van der Waals surface area (Å²) in [6.07, 6.45) is 7.36. The first kappa shape index (κ1) is 13.4. The van der Waals surface area contributed by atoms with Crippen LogP contribution < -0.4 is 5.32 Å². The molecule has 0 saturated heterocycles. The number of nitriles is 1. The van der Waals surface area contributed by atoms with Crippen molar-refractivity contribution in [2.75, 3.05) is 6.26 Å². The van der Waals surface area contributed by atoms with Gasteiger partial charge in [-0.15, -0.1) is 0 Å². The van der Waals surface area contributed by atoms with E-state index >= 15 is 0 Å². The van der Waals surface area contributed by atoms with Gasteiger partial charge in [0, 0.05) is 11.3 Å². The van der Waals surface area contributed by atoms with Gasteiger partial charge < -0.3 is 5.32 Å². The number of hydrogen-bond donors (Lipinski definition) is 1. The lowest BCUT2D eigenvalue weighted by Gasteiger charge is -2.31. The summed E-state index contributed by atoms with van der Waals surface area (Å²) in [7, 11) is 0. The smallest absolute Gasteiger partial charge is 0.237 e. The van der Waals surface area contributed by atoms with Crippen LogP contribution in [0.15, 0.2) is 0 Å². The summed E-state index contributed by atoms with van der Waals surface area (Å²) in [5.41, 5.74) is 0. The highest BCUT2D eigenvalue weighted by atomic mass is 32.2. The number of carbonyl (C=O) groups excluding carboxylic acids is 1. The van der Waals surface area contributed by atoms with Crippen LogP contribution in [0.2, 0.25) is 0 Å². The van der Waals surface area contributed by atoms with E-state index in [1.54, 1.807) is 0 Å². The molecule has 3 atom stereocenters. The lowest BCUT2D eigenvalue weighted by molar-refractivity contribution is -0.124. The first-order valence-electron chi connectivity index (χ1n) is 5.95. The minimum Gasteiger partial charge on any atom is -0.351 e. The van der Waals surface area contributed by atoms with Crippen LogP contribution in [-0.4, -0.2) is 23.5 Å². The number of rotatable bonds is 4. The Morgan fingerprint density at radius 3 is 2.81 bits per heavy atom. The maximum absolute atomic E-state index is 11.8. The van der Waals surface area contributed by atoms with Crippen molar-refractivity contribution in [3.8, 4) is 6.07 Å². The van der Waals surface area contributed by atoms with Crippen LogP contribution in [0.25, 0.3) is 0 Å². The Morgan fingerprint density at radius 2 is 2.25 bits per heavy atom. The Kier molecular flexibility index (Phi) is 5.68. The van der Waals surface area contributed by atoms with Crippen LogP contribution >= 0.6 is 11.8 Å². The van der Waals surface area contributed by atoms with Crippen molar-refractivity contribution >= 4 is 17.7 Å². The van der Waals surface area contributed by atoms with E-state index in [2.05, 4.69) is 17.6 Å². The molecule has 1 amide bonds. The van der Waals surface area contributed by atoms with E-state index < -0.39 is 5.92 Å². The number of thioether (sulfide) groups is 1. The molecule has 1 rings (SSSR count). The van der Waals surface area contributed by atoms with Crippen molar-refractivity contribution in [2.24, 2.45) is 5.92 Å². The van der Waals surface area contributed by atoms with E-state index in [1.165, 1.54) is 19.3 Å². The fourth-order valence-corrected chi connectivity index (χ4v) is 3.10. The van der Waals surface area contributed by atoms with Gasteiger partial charge >= 0.3 is 0 Å². The number of nitrogens with one attached hydrogen (secondary N) is 1. The average molecular weight is 240 g/mol. The number of hydrogen-bond acceptors (Lipinski definition) is 3. The molecular formula is C12H20N2OS. The average Bonchev–Trinajstić information content (AvgIpc) is 2.31. The zero-order valence-electron chi connectivity index (χ0n) is 10.0. The molecule has 1 saturated carbocycles. The maximum Gasteiger partial charge on any atom is 0.237 e. The molecule has 0 spiro atoms. The summed E-state index contributed by atoms with van der Waals surface area (Å²) >= 11 is 1.83. The van der Waals surface area contributed by atoms with Crippen LogP contribution in [-0.2, 0) is 4.79 Å². The second-order valence-corrected chi connectivity index (χ2v) is 5.34. The van der Waals surface area contributed by atoms with Crippen molar-refractivity contribution in [1.29, 1.82) is 5.26 Å². The molecule has 0 bridgehead atoms. The van der Waals surface area contributed by atoms with Gasteiger partial charge in [0.2, 0.25) is 5.91 Å². The molecule has 1 N–H and O–H groups in total. The predicted molar refractivity (Wildman–Crippen MR) is 67.1 cm³/mol. The summed E-state index contributed by atoms with van der Waals surface area (Å²) in [5, 5.41) is 12.4. The third-order valence-electron chi connectivity index (χ3n) is 3.21. The molecule has 3 unspecified atom stereocenters. The highest BCUT2D eigenvalue weighted by Crippen LogP contribution is 2.27. The zero-order chi connectivity index (χ0) is 12.0. The molecular weight excluding hydrogens is 220 g/mol. The van der Waals surface area contributed by atoms with Crippen LogP contribution in [0, 0.1) is 17.2 Å². The first-order valence-corrected chi connectivity index (χ1v) is 7.24. The molecule has 1 aliphatic rings. The highest BCUT2D eigenvalue weighted by Gasteiger charge is 2.27. The fourth-order valence-electron chi connectivity index (χ4n) is 2.16. The Balaban J connectivity index is 2.51. The van der Waals surface area contributed by atoms with E-state index in [9.17, 15) is 4.79 Å². The number of carbonyl (C=O) groups is 1. The molecule has 1 aliphatic carbocycles. The predicted octanol–water partition coefficient (Wildman–Crippen LogP) is 2.33. The van der Waals surface area contributed by atoms with Crippen LogP contribution in [0.4, 0.5) is 0 Å². The van der Waals surface area contributed by atoms with Gasteiger partial charge in [0.05, 0.1) is 6.07 Å².